The molecule has 1 aliphatic carbocycles. The average molecular weight is 264 g/mol. The smallest absolute Gasteiger partial charge is 0.259 e. The summed E-state index contributed by atoms with van der Waals surface area (Å²) in [5.41, 5.74) is -0.0433. The lowest BCUT2D eigenvalue weighted by molar-refractivity contribution is 0.0919. The Morgan fingerprint density at radius 1 is 1.11 bits per heavy atom. The minimum atomic E-state index is -0.413. The van der Waals surface area contributed by atoms with Crippen LogP contribution < -0.4 is 10.6 Å². The van der Waals surface area contributed by atoms with Crippen molar-refractivity contribution in [3.05, 3.63) is 23.8 Å². The summed E-state index contributed by atoms with van der Waals surface area (Å²) in [6.07, 6.45) is 3.86. The van der Waals surface area contributed by atoms with E-state index in [9.17, 15) is 15.0 Å². The van der Waals surface area contributed by atoms with Crippen molar-refractivity contribution in [2.75, 3.05) is 7.05 Å². The summed E-state index contributed by atoms with van der Waals surface area (Å²) in [6.45, 7) is 0. The second kappa shape index (κ2) is 5.93. The number of aromatic hydroxyl groups is 2. The first-order valence-electron chi connectivity index (χ1n) is 6.61. The molecule has 2 rings (SSSR count). The van der Waals surface area contributed by atoms with E-state index >= 15 is 0 Å². The first-order valence-corrected chi connectivity index (χ1v) is 6.61. The van der Waals surface area contributed by atoms with Gasteiger partial charge in [-0.05, 0) is 44.9 Å². The number of phenols is 2. The number of benzene rings is 1. The number of rotatable bonds is 3. The van der Waals surface area contributed by atoms with Crippen molar-refractivity contribution in [2.45, 2.75) is 37.8 Å². The quantitative estimate of drug-likeness (QED) is 0.664. The molecule has 0 bridgehead atoms. The second-order valence-electron chi connectivity index (χ2n) is 4.98. The Bertz CT molecular complexity index is 434. The molecule has 1 fully saturated rings. The van der Waals surface area contributed by atoms with Gasteiger partial charge in [-0.1, -0.05) is 6.07 Å². The van der Waals surface area contributed by atoms with Gasteiger partial charge in [0.05, 0.1) is 0 Å². The summed E-state index contributed by atoms with van der Waals surface area (Å²) in [5.74, 6) is -0.800. The third-order valence-electron chi connectivity index (χ3n) is 3.72. The van der Waals surface area contributed by atoms with Crippen LogP contribution in [0, 0.1) is 0 Å². The summed E-state index contributed by atoms with van der Waals surface area (Å²) in [4.78, 5) is 12.1. The summed E-state index contributed by atoms with van der Waals surface area (Å²) in [7, 11) is 1.95. The highest BCUT2D eigenvalue weighted by Gasteiger charge is 2.24. The number of hydrogen-bond acceptors (Lipinski definition) is 4. The Morgan fingerprint density at radius 3 is 2.16 bits per heavy atom. The van der Waals surface area contributed by atoms with Crippen molar-refractivity contribution >= 4 is 5.91 Å². The molecule has 0 spiro atoms. The lowest BCUT2D eigenvalue weighted by Gasteiger charge is -2.28. The SMILES string of the molecule is CNC1CCC(NC(=O)c2c(O)cccc2O)CC1. The summed E-state index contributed by atoms with van der Waals surface area (Å²) < 4.78 is 0. The molecule has 19 heavy (non-hydrogen) atoms. The van der Waals surface area contributed by atoms with Gasteiger partial charge < -0.3 is 20.8 Å². The molecule has 0 aromatic heterocycles. The normalized spacial score (nSPS) is 23.0. The fourth-order valence-corrected chi connectivity index (χ4v) is 2.54. The third kappa shape index (κ3) is 3.17. The molecule has 0 saturated heterocycles. The van der Waals surface area contributed by atoms with Gasteiger partial charge in [-0.25, -0.2) is 0 Å². The Kier molecular flexibility index (Phi) is 4.27. The average Bonchev–Trinajstić information content (AvgIpc) is 2.39. The molecule has 5 heteroatoms. The van der Waals surface area contributed by atoms with E-state index in [4.69, 9.17) is 0 Å². The Labute approximate surface area is 112 Å². The zero-order chi connectivity index (χ0) is 13.8. The minimum absolute atomic E-state index is 0.0433. The van der Waals surface area contributed by atoms with Gasteiger partial charge in [0.2, 0.25) is 0 Å². The highest BCUT2D eigenvalue weighted by molar-refractivity contribution is 5.99. The standard InChI is InChI=1S/C14H20N2O3/c1-15-9-5-7-10(8-6-9)16-14(19)13-11(17)3-2-4-12(13)18/h2-4,9-10,15,17-18H,5-8H2,1H3,(H,16,19). The van der Waals surface area contributed by atoms with Crippen LogP contribution in [0.3, 0.4) is 0 Å². The molecule has 0 unspecified atom stereocenters. The van der Waals surface area contributed by atoms with Crippen LogP contribution in [0.2, 0.25) is 0 Å². The van der Waals surface area contributed by atoms with E-state index in [1.807, 2.05) is 7.05 Å². The zero-order valence-electron chi connectivity index (χ0n) is 11.0. The fourth-order valence-electron chi connectivity index (χ4n) is 2.54. The maximum atomic E-state index is 12.1. The fraction of sp³-hybridized carbons (Fsp3) is 0.500. The number of phenolic OH excluding ortho intramolecular Hbond substituents is 2. The van der Waals surface area contributed by atoms with Gasteiger partial charge in [-0.15, -0.1) is 0 Å². The molecular formula is C14H20N2O3. The molecule has 1 aromatic rings. The van der Waals surface area contributed by atoms with Gasteiger partial charge in [0.25, 0.3) is 5.91 Å². The molecule has 1 aliphatic rings. The van der Waals surface area contributed by atoms with Gasteiger partial charge >= 0.3 is 0 Å². The van der Waals surface area contributed by atoms with E-state index in [2.05, 4.69) is 10.6 Å². The molecular weight excluding hydrogens is 244 g/mol. The van der Waals surface area contributed by atoms with E-state index in [0.29, 0.717) is 6.04 Å². The maximum absolute atomic E-state index is 12.1. The summed E-state index contributed by atoms with van der Waals surface area (Å²) >= 11 is 0. The zero-order valence-corrected chi connectivity index (χ0v) is 11.0. The molecule has 1 saturated carbocycles. The molecule has 0 radical (unpaired) electrons. The lowest BCUT2D eigenvalue weighted by atomic mass is 9.91. The van der Waals surface area contributed by atoms with Crippen molar-refractivity contribution in [3.63, 3.8) is 0 Å². The van der Waals surface area contributed by atoms with Gasteiger partial charge in [0.1, 0.15) is 17.1 Å². The Hall–Kier alpha value is -1.75. The van der Waals surface area contributed by atoms with Crippen molar-refractivity contribution in [1.29, 1.82) is 0 Å². The highest BCUT2D eigenvalue weighted by Crippen LogP contribution is 2.27. The van der Waals surface area contributed by atoms with Crippen molar-refractivity contribution in [2.24, 2.45) is 0 Å². The minimum Gasteiger partial charge on any atom is -0.507 e. The molecule has 4 N–H and O–H groups in total. The molecule has 0 heterocycles. The van der Waals surface area contributed by atoms with Crippen LogP contribution in [0.15, 0.2) is 18.2 Å². The number of nitrogens with one attached hydrogen (secondary N) is 2. The van der Waals surface area contributed by atoms with E-state index in [1.54, 1.807) is 0 Å². The maximum Gasteiger partial charge on any atom is 0.259 e. The van der Waals surface area contributed by atoms with E-state index in [0.717, 1.165) is 25.7 Å². The summed E-state index contributed by atoms with van der Waals surface area (Å²) in [6, 6.07) is 4.92. The highest BCUT2D eigenvalue weighted by atomic mass is 16.3. The molecule has 1 aromatic carbocycles. The van der Waals surface area contributed by atoms with Crippen LogP contribution in [0.25, 0.3) is 0 Å². The van der Waals surface area contributed by atoms with Gasteiger partial charge in [-0.2, -0.15) is 0 Å². The number of carbonyl (C=O) groups excluding carboxylic acids is 1. The Morgan fingerprint density at radius 2 is 1.63 bits per heavy atom. The molecule has 104 valence electrons. The van der Waals surface area contributed by atoms with Gasteiger partial charge in [0.15, 0.2) is 0 Å². The Balaban J connectivity index is 1.98. The third-order valence-corrected chi connectivity index (χ3v) is 3.72. The van der Waals surface area contributed by atoms with Crippen LogP contribution in [0.5, 0.6) is 11.5 Å². The van der Waals surface area contributed by atoms with Crippen LogP contribution in [-0.4, -0.2) is 35.3 Å². The van der Waals surface area contributed by atoms with E-state index in [-0.39, 0.29) is 23.1 Å². The number of hydrogen-bond donors (Lipinski definition) is 4. The molecule has 1 amide bonds. The predicted octanol–water partition coefficient (Wildman–Crippen LogP) is 1.36. The van der Waals surface area contributed by atoms with Crippen LogP contribution in [0.4, 0.5) is 0 Å². The van der Waals surface area contributed by atoms with E-state index in [1.165, 1.54) is 18.2 Å². The summed E-state index contributed by atoms with van der Waals surface area (Å²) in [5, 5.41) is 25.4. The van der Waals surface area contributed by atoms with Gasteiger partial charge in [0, 0.05) is 12.1 Å². The second-order valence-corrected chi connectivity index (χ2v) is 4.98. The van der Waals surface area contributed by atoms with Crippen LogP contribution in [-0.2, 0) is 0 Å². The monoisotopic (exact) mass is 264 g/mol. The molecule has 5 nitrogen and oxygen atoms in total. The van der Waals surface area contributed by atoms with Gasteiger partial charge in [-0.3, -0.25) is 4.79 Å². The van der Waals surface area contributed by atoms with Crippen molar-refractivity contribution in [1.82, 2.24) is 10.6 Å². The first kappa shape index (κ1) is 13.7. The topological polar surface area (TPSA) is 81.6 Å². The first-order chi connectivity index (χ1) is 9.11. The van der Waals surface area contributed by atoms with Crippen molar-refractivity contribution < 1.29 is 15.0 Å². The molecule has 0 atom stereocenters. The number of amides is 1. The van der Waals surface area contributed by atoms with E-state index < -0.39 is 5.91 Å². The number of carbonyl (C=O) groups is 1. The largest absolute Gasteiger partial charge is 0.507 e. The predicted molar refractivity (Wildman–Crippen MR) is 72.3 cm³/mol. The van der Waals surface area contributed by atoms with Crippen molar-refractivity contribution in [3.8, 4) is 11.5 Å². The lowest BCUT2D eigenvalue weighted by Crippen LogP contribution is -2.41. The van der Waals surface area contributed by atoms with Crippen LogP contribution >= 0.6 is 0 Å². The van der Waals surface area contributed by atoms with Crippen LogP contribution in [0.1, 0.15) is 36.0 Å². The molecule has 0 aliphatic heterocycles.